The minimum absolute atomic E-state index is 0.702. The summed E-state index contributed by atoms with van der Waals surface area (Å²) in [7, 11) is 1.97. The molecule has 0 amide bonds. The van der Waals surface area contributed by atoms with E-state index in [-0.39, 0.29) is 0 Å². The van der Waals surface area contributed by atoms with Crippen LogP contribution >= 0.6 is 0 Å². The molecule has 1 saturated heterocycles. The third-order valence-corrected chi connectivity index (χ3v) is 3.77. The number of anilines is 1. The zero-order valence-electron chi connectivity index (χ0n) is 11.9. The molecule has 1 aliphatic heterocycles. The molecule has 1 aliphatic rings. The van der Waals surface area contributed by atoms with Crippen molar-refractivity contribution in [3.05, 3.63) is 42.4 Å². The number of nitrogens with one attached hydrogen (secondary N) is 1. The Balaban J connectivity index is 1.45. The van der Waals surface area contributed by atoms with Crippen LogP contribution in [0.3, 0.4) is 0 Å². The van der Waals surface area contributed by atoms with Gasteiger partial charge in [0.05, 0.1) is 6.20 Å². The van der Waals surface area contributed by atoms with E-state index >= 15 is 0 Å². The molecule has 0 aliphatic carbocycles. The summed E-state index contributed by atoms with van der Waals surface area (Å²) in [5, 5.41) is 7.64. The van der Waals surface area contributed by atoms with Crippen LogP contribution in [0, 0.1) is 5.92 Å². The van der Waals surface area contributed by atoms with Gasteiger partial charge < -0.3 is 5.32 Å². The lowest BCUT2D eigenvalue weighted by Gasteiger charge is -2.15. The number of hydrogen-bond donors (Lipinski definition) is 1. The number of aromatic nitrogens is 3. The first kappa shape index (κ1) is 13.1. The average molecular weight is 271 g/mol. The van der Waals surface area contributed by atoms with Gasteiger partial charge in [-0.2, -0.15) is 5.10 Å². The van der Waals surface area contributed by atoms with Gasteiger partial charge in [0.25, 0.3) is 0 Å². The monoisotopic (exact) mass is 271 g/mol. The van der Waals surface area contributed by atoms with Crippen molar-refractivity contribution >= 4 is 5.82 Å². The normalized spacial score (nSPS) is 19.4. The second kappa shape index (κ2) is 6.05. The lowest BCUT2D eigenvalue weighted by atomic mass is 10.1. The molecule has 3 rings (SSSR count). The lowest BCUT2D eigenvalue weighted by molar-refractivity contribution is 0.319. The summed E-state index contributed by atoms with van der Waals surface area (Å²) in [6.07, 6.45) is 7.13. The van der Waals surface area contributed by atoms with Gasteiger partial charge in [-0.05, 0) is 31.0 Å². The molecule has 0 spiro atoms. The van der Waals surface area contributed by atoms with Crippen molar-refractivity contribution in [2.45, 2.75) is 13.0 Å². The van der Waals surface area contributed by atoms with Crippen LogP contribution in [0.4, 0.5) is 5.82 Å². The van der Waals surface area contributed by atoms with Crippen LogP contribution in [0.5, 0.6) is 0 Å². The Morgan fingerprint density at radius 3 is 3.10 bits per heavy atom. The Morgan fingerprint density at radius 1 is 1.40 bits per heavy atom. The van der Waals surface area contributed by atoms with Crippen LogP contribution in [0.1, 0.15) is 12.0 Å². The Kier molecular flexibility index (Phi) is 3.97. The van der Waals surface area contributed by atoms with E-state index < -0.39 is 0 Å². The summed E-state index contributed by atoms with van der Waals surface area (Å²) < 4.78 is 1.87. The molecule has 20 heavy (non-hydrogen) atoms. The molecular formula is C15H21N5. The highest BCUT2D eigenvalue weighted by molar-refractivity contribution is 5.33. The summed E-state index contributed by atoms with van der Waals surface area (Å²) in [4.78, 5) is 6.80. The van der Waals surface area contributed by atoms with Gasteiger partial charge in [0.1, 0.15) is 5.82 Å². The fourth-order valence-corrected chi connectivity index (χ4v) is 2.75. The van der Waals surface area contributed by atoms with Gasteiger partial charge in [0.2, 0.25) is 0 Å². The van der Waals surface area contributed by atoms with E-state index in [1.165, 1.54) is 18.5 Å². The van der Waals surface area contributed by atoms with Crippen LogP contribution in [-0.4, -0.2) is 39.3 Å². The van der Waals surface area contributed by atoms with Gasteiger partial charge in [0, 0.05) is 44.6 Å². The topological polar surface area (TPSA) is 46.0 Å². The highest BCUT2D eigenvalue weighted by atomic mass is 15.2. The first-order valence-electron chi connectivity index (χ1n) is 7.14. The van der Waals surface area contributed by atoms with Crippen molar-refractivity contribution < 1.29 is 0 Å². The summed E-state index contributed by atoms with van der Waals surface area (Å²) in [6, 6.07) is 5.97. The van der Waals surface area contributed by atoms with E-state index in [9.17, 15) is 0 Å². The Labute approximate surface area is 119 Å². The van der Waals surface area contributed by atoms with Gasteiger partial charge in [-0.25, -0.2) is 4.98 Å². The molecule has 3 heterocycles. The predicted molar refractivity (Wildman–Crippen MR) is 79.3 cm³/mol. The number of rotatable bonds is 5. The molecule has 5 heteroatoms. The number of aryl methyl sites for hydroxylation is 1. The third kappa shape index (κ3) is 3.36. The summed E-state index contributed by atoms with van der Waals surface area (Å²) in [6.45, 7) is 4.33. The second-order valence-electron chi connectivity index (χ2n) is 5.51. The number of pyridine rings is 1. The smallest absolute Gasteiger partial charge is 0.125 e. The Morgan fingerprint density at radius 2 is 2.35 bits per heavy atom. The first-order valence-corrected chi connectivity index (χ1v) is 7.14. The van der Waals surface area contributed by atoms with Crippen LogP contribution < -0.4 is 5.32 Å². The molecule has 1 atom stereocenters. The number of likely N-dealkylation sites (tertiary alicyclic amines) is 1. The van der Waals surface area contributed by atoms with Crippen molar-refractivity contribution in [3.8, 4) is 0 Å². The number of hydrogen-bond acceptors (Lipinski definition) is 4. The molecule has 2 aromatic rings. The molecule has 0 unspecified atom stereocenters. The van der Waals surface area contributed by atoms with E-state index in [4.69, 9.17) is 0 Å². The van der Waals surface area contributed by atoms with Gasteiger partial charge in [-0.1, -0.05) is 6.07 Å². The van der Waals surface area contributed by atoms with E-state index in [0.29, 0.717) is 5.92 Å². The van der Waals surface area contributed by atoms with Crippen LogP contribution in [-0.2, 0) is 13.6 Å². The minimum atomic E-state index is 0.702. The molecule has 1 N–H and O–H groups in total. The first-order chi connectivity index (χ1) is 9.79. The zero-order valence-corrected chi connectivity index (χ0v) is 11.9. The SMILES string of the molecule is Cn1cc(CN2CC[C@H](CNc3ccccn3)C2)cn1. The molecule has 0 saturated carbocycles. The van der Waals surface area contributed by atoms with E-state index in [1.807, 2.05) is 42.3 Å². The maximum atomic E-state index is 4.29. The fraction of sp³-hybridized carbons (Fsp3) is 0.467. The van der Waals surface area contributed by atoms with E-state index in [0.717, 1.165) is 25.5 Å². The fourth-order valence-electron chi connectivity index (χ4n) is 2.75. The van der Waals surface area contributed by atoms with Crippen molar-refractivity contribution in [2.24, 2.45) is 13.0 Å². The van der Waals surface area contributed by atoms with E-state index in [1.54, 1.807) is 0 Å². The zero-order chi connectivity index (χ0) is 13.8. The molecule has 5 nitrogen and oxygen atoms in total. The molecular weight excluding hydrogens is 250 g/mol. The van der Waals surface area contributed by atoms with Crippen molar-refractivity contribution in [2.75, 3.05) is 25.0 Å². The van der Waals surface area contributed by atoms with Gasteiger partial charge in [-0.3, -0.25) is 9.58 Å². The summed E-state index contributed by atoms with van der Waals surface area (Å²) in [5.41, 5.74) is 1.30. The summed E-state index contributed by atoms with van der Waals surface area (Å²) >= 11 is 0. The van der Waals surface area contributed by atoms with Gasteiger partial charge >= 0.3 is 0 Å². The molecule has 0 bridgehead atoms. The molecule has 106 valence electrons. The highest BCUT2D eigenvalue weighted by Crippen LogP contribution is 2.18. The van der Waals surface area contributed by atoms with Gasteiger partial charge in [-0.15, -0.1) is 0 Å². The van der Waals surface area contributed by atoms with Crippen molar-refractivity contribution in [1.29, 1.82) is 0 Å². The minimum Gasteiger partial charge on any atom is -0.370 e. The van der Waals surface area contributed by atoms with Crippen LogP contribution in [0.25, 0.3) is 0 Å². The lowest BCUT2D eigenvalue weighted by Crippen LogP contribution is -2.22. The second-order valence-corrected chi connectivity index (χ2v) is 5.51. The maximum absolute atomic E-state index is 4.29. The molecule has 1 fully saturated rings. The largest absolute Gasteiger partial charge is 0.370 e. The predicted octanol–water partition coefficient (Wildman–Crippen LogP) is 1.75. The van der Waals surface area contributed by atoms with E-state index in [2.05, 4.69) is 26.5 Å². The van der Waals surface area contributed by atoms with Crippen LogP contribution in [0.2, 0.25) is 0 Å². The summed E-state index contributed by atoms with van der Waals surface area (Å²) in [5.74, 6) is 1.67. The Hall–Kier alpha value is -1.88. The standard InChI is InChI=1S/C15H21N5/c1-19-10-14(9-18-19)12-20-7-5-13(11-20)8-17-15-4-2-3-6-16-15/h2-4,6,9-10,13H,5,7-8,11-12H2,1H3,(H,16,17)/t13-/m1/s1. The average Bonchev–Trinajstić information content (AvgIpc) is 3.08. The molecule has 2 aromatic heterocycles. The highest BCUT2D eigenvalue weighted by Gasteiger charge is 2.22. The number of nitrogens with zero attached hydrogens (tertiary/aromatic N) is 4. The quantitative estimate of drug-likeness (QED) is 0.900. The van der Waals surface area contributed by atoms with Crippen LogP contribution in [0.15, 0.2) is 36.8 Å². The van der Waals surface area contributed by atoms with Gasteiger partial charge in [0.15, 0.2) is 0 Å². The molecule has 0 aromatic carbocycles. The molecule has 0 radical (unpaired) electrons. The Bertz CT molecular complexity index is 536. The van der Waals surface area contributed by atoms with Crippen molar-refractivity contribution in [1.82, 2.24) is 19.7 Å². The maximum Gasteiger partial charge on any atom is 0.125 e. The van der Waals surface area contributed by atoms with Crippen molar-refractivity contribution in [3.63, 3.8) is 0 Å². The third-order valence-electron chi connectivity index (χ3n) is 3.77.